The van der Waals surface area contributed by atoms with Crippen LogP contribution in [0.15, 0.2) is 18.2 Å². The van der Waals surface area contributed by atoms with Gasteiger partial charge >= 0.3 is 0 Å². The molecule has 2 nitrogen and oxygen atoms in total. The van der Waals surface area contributed by atoms with E-state index in [1.54, 1.807) is 6.07 Å². The number of anilines is 1. The van der Waals surface area contributed by atoms with E-state index in [0.29, 0.717) is 5.69 Å². The Morgan fingerprint density at radius 3 is 2.79 bits per heavy atom. The average molecular weight is 222 g/mol. The molecule has 1 aliphatic heterocycles. The summed E-state index contributed by atoms with van der Waals surface area (Å²) in [5.74, 6) is -2.56. The van der Waals surface area contributed by atoms with Crippen LogP contribution >= 0.6 is 12.4 Å². The normalized spacial score (nSPS) is 17.6. The summed E-state index contributed by atoms with van der Waals surface area (Å²) >= 11 is 0. The first-order valence-corrected chi connectivity index (χ1v) is 4.00. The zero-order valence-electron chi connectivity index (χ0n) is 7.30. The van der Waals surface area contributed by atoms with Crippen LogP contribution in [-0.2, 0) is 5.92 Å². The summed E-state index contributed by atoms with van der Waals surface area (Å²) in [6.45, 7) is 0.0594. The Morgan fingerprint density at radius 2 is 2.07 bits per heavy atom. The second-order valence-corrected chi connectivity index (χ2v) is 3.06. The van der Waals surface area contributed by atoms with Crippen molar-refractivity contribution in [3.63, 3.8) is 0 Å². The van der Waals surface area contributed by atoms with Gasteiger partial charge in [0.2, 0.25) is 0 Å². The zero-order chi connectivity index (χ0) is 9.47. The highest BCUT2D eigenvalue weighted by molar-refractivity contribution is 5.85. The Morgan fingerprint density at radius 1 is 1.36 bits per heavy atom. The lowest BCUT2D eigenvalue weighted by Crippen LogP contribution is -2.24. The number of benzene rings is 1. The molecule has 14 heavy (non-hydrogen) atoms. The molecule has 0 fully saturated rings. The first-order chi connectivity index (χ1) is 6.09. The molecule has 1 aromatic carbocycles. The SMILES string of the molecule is Cl.Nc1ccc2c(c1)C(F)(F)CCO2. The molecule has 78 valence electrons. The van der Waals surface area contributed by atoms with Crippen LogP contribution in [0.4, 0.5) is 14.5 Å². The number of hydrogen-bond acceptors (Lipinski definition) is 2. The highest BCUT2D eigenvalue weighted by atomic mass is 35.5. The Balaban J connectivity index is 0.000000980. The second kappa shape index (κ2) is 3.61. The third-order valence-corrected chi connectivity index (χ3v) is 2.07. The molecule has 0 amide bonds. The van der Waals surface area contributed by atoms with Gasteiger partial charge in [-0.05, 0) is 18.2 Å². The van der Waals surface area contributed by atoms with Crippen LogP contribution < -0.4 is 10.5 Å². The van der Waals surface area contributed by atoms with Crippen LogP contribution in [0.3, 0.4) is 0 Å². The molecule has 0 saturated heterocycles. The quantitative estimate of drug-likeness (QED) is 0.684. The summed E-state index contributed by atoms with van der Waals surface area (Å²) in [7, 11) is 0. The van der Waals surface area contributed by atoms with E-state index in [2.05, 4.69) is 0 Å². The van der Waals surface area contributed by atoms with Crippen molar-refractivity contribution < 1.29 is 13.5 Å². The van der Waals surface area contributed by atoms with Crippen LogP contribution in [0, 0.1) is 0 Å². The van der Waals surface area contributed by atoms with Crippen molar-refractivity contribution >= 4 is 18.1 Å². The maximum atomic E-state index is 13.2. The van der Waals surface area contributed by atoms with Gasteiger partial charge in [0.1, 0.15) is 5.75 Å². The van der Waals surface area contributed by atoms with Crippen molar-refractivity contribution in [2.24, 2.45) is 0 Å². The van der Waals surface area contributed by atoms with Gasteiger partial charge in [-0.3, -0.25) is 0 Å². The smallest absolute Gasteiger partial charge is 0.280 e. The van der Waals surface area contributed by atoms with Crippen LogP contribution in [0.5, 0.6) is 5.75 Å². The van der Waals surface area contributed by atoms with E-state index in [1.807, 2.05) is 0 Å². The Hall–Kier alpha value is -1.03. The summed E-state index contributed by atoms with van der Waals surface area (Å²) in [4.78, 5) is 0. The van der Waals surface area contributed by atoms with Gasteiger partial charge in [0.25, 0.3) is 5.92 Å². The lowest BCUT2D eigenvalue weighted by molar-refractivity contribution is -0.0404. The minimum atomic E-state index is -2.80. The topological polar surface area (TPSA) is 35.2 Å². The fourth-order valence-electron chi connectivity index (χ4n) is 1.38. The molecule has 0 aliphatic carbocycles. The third-order valence-electron chi connectivity index (χ3n) is 2.07. The Kier molecular flexibility index (Phi) is 2.85. The predicted molar refractivity (Wildman–Crippen MR) is 52.1 cm³/mol. The van der Waals surface area contributed by atoms with E-state index in [0.717, 1.165) is 0 Å². The van der Waals surface area contributed by atoms with E-state index >= 15 is 0 Å². The molecule has 1 aliphatic rings. The van der Waals surface area contributed by atoms with Crippen molar-refractivity contribution in [2.75, 3.05) is 12.3 Å². The number of ether oxygens (including phenoxy) is 1. The van der Waals surface area contributed by atoms with Crippen molar-refractivity contribution in [1.82, 2.24) is 0 Å². The molecule has 0 bridgehead atoms. The molecule has 1 aromatic rings. The summed E-state index contributed by atoms with van der Waals surface area (Å²) in [5.41, 5.74) is 5.65. The molecule has 0 radical (unpaired) electrons. The minimum Gasteiger partial charge on any atom is -0.493 e. The monoisotopic (exact) mass is 221 g/mol. The molecular weight excluding hydrogens is 212 g/mol. The number of alkyl halides is 2. The number of rotatable bonds is 0. The summed E-state index contributed by atoms with van der Waals surface area (Å²) < 4.78 is 31.6. The van der Waals surface area contributed by atoms with Crippen molar-refractivity contribution in [2.45, 2.75) is 12.3 Å². The van der Waals surface area contributed by atoms with Crippen molar-refractivity contribution in [3.05, 3.63) is 23.8 Å². The number of nitrogens with two attached hydrogens (primary N) is 1. The molecule has 2 N–H and O–H groups in total. The largest absolute Gasteiger partial charge is 0.493 e. The van der Waals surface area contributed by atoms with Gasteiger partial charge in [-0.15, -0.1) is 12.4 Å². The standard InChI is InChI=1S/C9H9F2NO.ClH/c10-9(11)3-4-13-8-2-1-6(12)5-7(8)9;/h1-2,5H,3-4,12H2;1H. The molecule has 0 unspecified atom stereocenters. The number of hydrogen-bond donors (Lipinski definition) is 1. The molecule has 5 heteroatoms. The molecule has 2 rings (SSSR count). The van der Waals surface area contributed by atoms with Gasteiger partial charge in [-0.2, -0.15) is 0 Å². The molecule has 0 spiro atoms. The van der Waals surface area contributed by atoms with Gasteiger partial charge in [-0.25, -0.2) is 8.78 Å². The van der Waals surface area contributed by atoms with E-state index in [9.17, 15) is 8.78 Å². The van der Waals surface area contributed by atoms with Crippen LogP contribution in [0.25, 0.3) is 0 Å². The van der Waals surface area contributed by atoms with Crippen LogP contribution in [-0.4, -0.2) is 6.61 Å². The molecule has 0 saturated carbocycles. The van der Waals surface area contributed by atoms with Crippen LogP contribution in [0.1, 0.15) is 12.0 Å². The fourth-order valence-corrected chi connectivity index (χ4v) is 1.38. The minimum absolute atomic E-state index is 0. The first kappa shape index (κ1) is 11.0. The lowest BCUT2D eigenvalue weighted by atomic mass is 10.0. The van der Waals surface area contributed by atoms with Gasteiger partial charge in [0.05, 0.1) is 18.6 Å². The molecule has 0 aromatic heterocycles. The summed E-state index contributed by atoms with van der Waals surface area (Å²) in [6.07, 6.45) is -0.274. The van der Waals surface area contributed by atoms with E-state index in [4.69, 9.17) is 10.5 Å². The first-order valence-electron chi connectivity index (χ1n) is 4.00. The highest BCUT2D eigenvalue weighted by Gasteiger charge is 2.37. The number of nitrogen functional groups attached to an aromatic ring is 1. The van der Waals surface area contributed by atoms with Gasteiger partial charge in [-0.1, -0.05) is 0 Å². The van der Waals surface area contributed by atoms with E-state index in [1.165, 1.54) is 12.1 Å². The van der Waals surface area contributed by atoms with Gasteiger partial charge in [0, 0.05) is 5.69 Å². The fraction of sp³-hybridized carbons (Fsp3) is 0.333. The highest BCUT2D eigenvalue weighted by Crippen LogP contribution is 2.41. The number of fused-ring (bicyclic) bond motifs is 1. The Bertz CT molecular complexity index is 344. The second-order valence-electron chi connectivity index (χ2n) is 3.06. The maximum Gasteiger partial charge on any atom is 0.280 e. The molecular formula is C9H10ClF2NO. The van der Waals surface area contributed by atoms with E-state index < -0.39 is 5.92 Å². The van der Waals surface area contributed by atoms with Crippen LogP contribution in [0.2, 0.25) is 0 Å². The molecule has 1 heterocycles. The van der Waals surface area contributed by atoms with Crippen molar-refractivity contribution in [3.8, 4) is 5.75 Å². The third kappa shape index (κ3) is 1.75. The summed E-state index contributed by atoms with van der Waals surface area (Å²) in [5, 5.41) is 0. The predicted octanol–water partition coefficient (Wildman–Crippen LogP) is 2.56. The maximum absolute atomic E-state index is 13.2. The van der Waals surface area contributed by atoms with Gasteiger partial charge in [0.15, 0.2) is 0 Å². The lowest BCUT2D eigenvalue weighted by Gasteiger charge is -2.25. The molecule has 0 atom stereocenters. The number of halogens is 3. The summed E-state index contributed by atoms with van der Waals surface area (Å²) in [6, 6.07) is 4.31. The average Bonchev–Trinajstić information content (AvgIpc) is 2.06. The van der Waals surface area contributed by atoms with Gasteiger partial charge < -0.3 is 10.5 Å². The van der Waals surface area contributed by atoms with Crippen molar-refractivity contribution in [1.29, 1.82) is 0 Å². The van der Waals surface area contributed by atoms with E-state index in [-0.39, 0.29) is 36.7 Å². The zero-order valence-corrected chi connectivity index (χ0v) is 8.11. The Labute approximate surface area is 86.5 Å².